The van der Waals surface area contributed by atoms with Gasteiger partial charge in [-0.05, 0) is 68.0 Å². The minimum atomic E-state index is -0.594. The second kappa shape index (κ2) is 9.33. The minimum Gasteiger partial charge on any atom is -0.497 e. The highest BCUT2D eigenvalue weighted by molar-refractivity contribution is 5.98. The van der Waals surface area contributed by atoms with Gasteiger partial charge in [0, 0.05) is 25.3 Å². The van der Waals surface area contributed by atoms with Crippen LogP contribution in [0.25, 0.3) is 0 Å². The first-order valence-corrected chi connectivity index (χ1v) is 11.9. The summed E-state index contributed by atoms with van der Waals surface area (Å²) in [5.74, 6) is 1.53. The lowest BCUT2D eigenvalue weighted by molar-refractivity contribution is -0.139. The second-order valence-corrected chi connectivity index (χ2v) is 8.98. The normalized spacial score (nSPS) is 19.9. The van der Waals surface area contributed by atoms with Gasteiger partial charge in [0.15, 0.2) is 6.10 Å². The Balaban J connectivity index is 1.36. The van der Waals surface area contributed by atoms with Crippen LogP contribution in [0.2, 0.25) is 0 Å². The van der Waals surface area contributed by atoms with Crippen LogP contribution in [0.15, 0.2) is 42.5 Å². The molecule has 0 aromatic heterocycles. The maximum Gasteiger partial charge on any atom is 0.265 e. The standard InChI is InChI=1S/C26H31N3O4/c1-32-20-11-12-21-19(16-20)8-7-15-29(21)25(30)18-28-17-24(26(31)27-13-5-2-6-14-27)33-23-10-4-3-9-22(23)28/h3-4,9-12,16,24H,2,5-8,13-15,17-18H2,1H3. The van der Waals surface area contributed by atoms with Gasteiger partial charge in [0.05, 0.1) is 25.9 Å². The van der Waals surface area contributed by atoms with Crippen molar-refractivity contribution in [3.63, 3.8) is 0 Å². The fourth-order valence-electron chi connectivity index (χ4n) is 5.11. The van der Waals surface area contributed by atoms with E-state index in [0.29, 0.717) is 18.8 Å². The number of para-hydroxylation sites is 2. The fourth-order valence-corrected chi connectivity index (χ4v) is 5.11. The summed E-state index contributed by atoms with van der Waals surface area (Å²) in [5.41, 5.74) is 2.95. The Morgan fingerprint density at radius 3 is 2.64 bits per heavy atom. The van der Waals surface area contributed by atoms with E-state index in [2.05, 4.69) is 0 Å². The zero-order valence-electron chi connectivity index (χ0n) is 19.2. The van der Waals surface area contributed by atoms with Crippen molar-refractivity contribution in [3.8, 4) is 11.5 Å². The molecule has 0 N–H and O–H groups in total. The highest BCUT2D eigenvalue weighted by Crippen LogP contribution is 2.35. The summed E-state index contributed by atoms with van der Waals surface area (Å²) in [6.07, 6.45) is 4.50. The summed E-state index contributed by atoms with van der Waals surface area (Å²) in [6, 6.07) is 13.6. The molecule has 5 rings (SSSR count). The van der Waals surface area contributed by atoms with E-state index >= 15 is 0 Å². The highest BCUT2D eigenvalue weighted by Gasteiger charge is 2.35. The molecule has 2 aromatic rings. The van der Waals surface area contributed by atoms with Crippen molar-refractivity contribution >= 4 is 23.2 Å². The van der Waals surface area contributed by atoms with Crippen LogP contribution < -0.4 is 19.3 Å². The molecule has 33 heavy (non-hydrogen) atoms. The summed E-state index contributed by atoms with van der Waals surface area (Å²) >= 11 is 0. The lowest BCUT2D eigenvalue weighted by Crippen LogP contribution is -2.53. The third-order valence-corrected chi connectivity index (χ3v) is 6.84. The molecule has 1 unspecified atom stereocenters. The van der Waals surface area contributed by atoms with Gasteiger partial charge in [-0.2, -0.15) is 0 Å². The van der Waals surface area contributed by atoms with Gasteiger partial charge in [0.2, 0.25) is 5.91 Å². The first kappa shape index (κ1) is 21.6. The van der Waals surface area contributed by atoms with Crippen LogP contribution in [-0.4, -0.2) is 62.7 Å². The Kier molecular flexibility index (Phi) is 6.11. The van der Waals surface area contributed by atoms with Crippen LogP contribution in [0.5, 0.6) is 11.5 Å². The predicted molar refractivity (Wildman–Crippen MR) is 127 cm³/mol. The molecular formula is C26H31N3O4. The number of piperidine rings is 1. The van der Waals surface area contributed by atoms with Crippen LogP contribution in [0.1, 0.15) is 31.2 Å². The van der Waals surface area contributed by atoms with Crippen molar-refractivity contribution in [2.75, 3.05) is 49.6 Å². The SMILES string of the molecule is COc1ccc2c(c1)CCCN2C(=O)CN1CC(C(=O)N2CCCCC2)Oc2ccccc21. The fraction of sp³-hybridized carbons (Fsp3) is 0.462. The predicted octanol–water partition coefficient (Wildman–Crippen LogP) is 3.25. The molecule has 2 aromatic carbocycles. The molecule has 7 nitrogen and oxygen atoms in total. The number of fused-ring (bicyclic) bond motifs is 2. The Labute approximate surface area is 194 Å². The van der Waals surface area contributed by atoms with E-state index in [9.17, 15) is 9.59 Å². The molecule has 0 aliphatic carbocycles. The van der Waals surface area contributed by atoms with E-state index in [4.69, 9.17) is 9.47 Å². The Bertz CT molecular complexity index is 1030. The molecule has 2 amide bonds. The van der Waals surface area contributed by atoms with Gasteiger partial charge in [0.25, 0.3) is 5.91 Å². The summed E-state index contributed by atoms with van der Waals surface area (Å²) in [4.78, 5) is 32.5. The minimum absolute atomic E-state index is 0.0251. The van der Waals surface area contributed by atoms with Crippen LogP contribution >= 0.6 is 0 Å². The summed E-state index contributed by atoms with van der Waals surface area (Å²) < 4.78 is 11.5. The van der Waals surface area contributed by atoms with Gasteiger partial charge >= 0.3 is 0 Å². The topological polar surface area (TPSA) is 62.3 Å². The second-order valence-electron chi connectivity index (χ2n) is 8.98. The lowest BCUT2D eigenvalue weighted by atomic mass is 10.0. The van der Waals surface area contributed by atoms with Gasteiger partial charge in [-0.25, -0.2) is 0 Å². The molecule has 3 heterocycles. The Hall–Kier alpha value is -3.22. The lowest BCUT2D eigenvalue weighted by Gasteiger charge is -2.39. The molecule has 1 atom stereocenters. The average molecular weight is 450 g/mol. The number of benzene rings is 2. The number of aryl methyl sites for hydroxylation is 1. The first-order valence-electron chi connectivity index (χ1n) is 11.9. The van der Waals surface area contributed by atoms with E-state index in [0.717, 1.165) is 61.5 Å². The number of carbonyl (C=O) groups is 2. The molecule has 3 aliphatic rings. The van der Waals surface area contributed by atoms with Crippen molar-refractivity contribution in [1.29, 1.82) is 0 Å². The third-order valence-electron chi connectivity index (χ3n) is 6.84. The first-order chi connectivity index (χ1) is 16.1. The smallest absolute Gasteiger partial charge is 0.265 e. The number of rotatable bonds is 4. The van der Waals surface area contributed by atoms with Crippen LogP contribution in [0.3, 0.4) is 0 Å². The molecule has 0 bridgehead atoms. The maximum absolute atomic E-state index is 13.5. The summed E-state index contributed by atoms with van der Waals surface area (Å²) in [5, 5.41) is 0. The molecule has 1 fully saturated rings. The number of anilines is 2. The van der Waals surface area contributed by atoms with E-state index in [1.807, 2.05) is 57.2 Å². The number of amides is 2. The van der Waals surface area contributed by atoms with Gasteiger partial charge in [-0.15, -0.1) is 0 Å². The van der Waals surface area contributed by atoms with E-state index in [1.54, 1.807) is 7.11 Å². The van der Waals surface area contributed by atoms with E-state index in [1.165, 1.54) is 6.42 Å². The number of methoxy groups -OCH3 is 1. The zero-order chi connectivity index (χ0) is 22.8. The van der Waals surface area contributed by atoms with Crippen LogP contribution in [-0.2, 0) is 16.0 Å². The molecule has 0 saturated carbocycles. The zero-order valence-corrected chi connectivity index (χ0v) is 19.2. The van der Waals surface area contributed by atoms with Gasteiger partial charge in [-0.3, -0.25) is 9.59 Å². The largest absolute Gasteiger partial charge is 0.497 e. The van der Waals surface area contributed by atoms with E-state index in [-0.39, 0.29) is 18.4 Å². The van der Waals surface area contributed by atoms with Crippen molar-refractivity contribution in [2.24, 2.45) is 0 Å². The van der Waals surface area contributed by atoms with Crippen molar-refractivity contribution in [1.82, 2.24) is 4.90 Å². The van der Waals surface area contributed by atoms with Gasteiger partial charge in [-0.1, -0.05) is 12.1 Å². The number of nitrogens with zero attached hydrogens (tertiary/aromatic N) is 3. The van der Waals surface area contributed by atoms with Crippen molar-refractivity contribution < 1.29 is 19.1 Å². The van der Waals surface area contributed by atoms with Crippen molar-refractivity contribution in [3.05, 3.63) is 48.0 Å². The van der Waals surface area contributed by atoms with Crippen LogP contribution in [0.4, 0.5) is 11.4 Å². The van der Waals surface area contributed by atoms with Crippen molar-refractivity contribution in [2.45, 2.75) is 38.2 Å². The van der Waals surface area contributed by atoms with Gasteiger partial charge in [0.1, 0.15) is 11.5 Å². The molecule has 0 spiro atoms. The number of hydrogen-bond acceptors (Lipinski definition) is 5. The van der Waals surface area contributed by atoms with Gasteiger partial charge < -0.3 is 24.2 Å². The molecule has 1 saturated heterocycles. The summed E-state index contributed by atoms with van der Waals surface area (Å²) in [6.45, 7) is 2.85. The monoisotopic (exact) mass is 449 g/mol. The summed E-state index contributed by atoms with van der Waals surface area (Å²) in [7, 11) is 1.66. The maximum atomic E-state index is 13.5. The Morgan fingerprint density at radius 1 is 1.00 bits per heavy atom. The average Bonchev–Trinajstić information content (AvgIpc) is 2.87. The highest BCUT2D eigenvalue weighted by atomic mass is 16.5. The molecule has 3 aliphatic heterocycles. The number of hydrogen-bond donors (Lipinski definition) is 0. The molecule has 0 radical (unpaired) electrons. The Morgan fingerprint density at radius 2 is 1.82 bits per heavy atom. The molecule has 174 valence electrons. The third kappa shape index (κ3) is 4.36. The molecule has 7 heteroatoms. The quantitative estimate of drug-likeness (QED) is 0.717. The molecular weight excluding hydrogens is 418 g/mol. The number of likely N-dealkylation sites (tertiary alicyclic amines) is 1. The van der Waals surface area contributed by atoms with E-state index < -0.39 is 6.10 Å². The number of carbonyl (C=O) groups excluding carboxylic acids is 2. The van der Waals surface area contributed by atoms with Crippen LogP contribution in [0, 0.1) is 0 Å². The number of ether oxygens (including phenoxy) is 2.